The maximum absolute atomic E-state index is 12.0. The van der Waals surface area contributed by atoms with Crippen molar-refractivity contribution in [2.75, 3.05) is 13.1 Å². The summed E-state index contributed by atoms with van der Waals surface area (Å²) in [6.07, 6.45) is 2.55. The molecule has 0 bridgehead atoms. The number of amides is 1. The van der Waals surface area contributed by atoms with E-state index in [-0.39, 0.29) is 6.09 Å². The molecular weight excluding hydrogens is 310 g/mol. The van der Waals surface area contributed by atoms with Crippen LogP contribution in [0.25, 0.3) is 0 Å². The predicted molar refractivity (Wildman–Crippen MR) is 76.4 cm³/mol. The van der Waals surface area contributed by atoms with Gasteiger partial charge in [0.2, 0.25) is 0 Å². The summed E-state index contributed by atoms with van der Waals surface area (Å²) in [5.41, 5.74) is 1.85. The molecule has 6 heteroatoms. The fraction of sp³-hybridized carbons (Fsp3) is 0.692. The first kappa shape index (κ1) is 14.4. The van der Waals surface area contributed by atoms with Crippen LogP contribution in [0.2, 0.25) is 0 Å². The zero-order valence-electron chi connectivity index (χ0n) is 11.6. The molecule has 19 heavy (non-hydrogen) atoms. The third-order valence-electron chi connectivity index (χ3n) is 3.14. The van der Waals surface area contributed by atoms with Gasteiger partial charge in [0.1, 0.15) is 5.60 Å². The van der Waals surface area contributed by atoms with Crippen molar-refractivity contribution < 1.29 is 9.53 Å². The summed E-state index contributed by atoms with van der Waals surface area (Å²) >= 11 is 3.45. The molecule has 5 nitrogen and oxygen atoms in total. The molecule has 2 heterocycles. The molecule has 1 atom stereocenters. The topological polar surface area (TPSA) is 58.2 Å². The highest BCUT2D eigenvalue weighted by Gasteiger charge is 2.32. The van der Waals surface area contributed by atoms with Gasteiger partial charge in [0.25, 0.3) is 0 Å². The minimum absolute atomic E-state index is 0.227. The molecular formula is C13H20BrN3O2. The number of likely N-dealkylation sites (tertiary alicyclic amines) is 1. The highest BCUT2D eigenvalue weighted by Crippen LogP contribution is 2.29. The maximum Gasteiger partial charge on any atom is 0.410 e. The molecule has 1 aromatic heterocycles. The van der Waals surface area contributed by atoms with Crippen LogP contribution < -0.4 is 0 Å². The molecule has 0 radical (unpaired) electrons. The quantitative estimate of drug-likeness (QED) is 0.848. The number of hydrogen-bond acceptors (Lipinski definition) is 3. The zero-order chi connectivity index (χ0) is 14.0. The number of hydrogen-bond donors (Lipinski definition) is 1. The van der Waals surface area contributed by atoms with E-state index in [4.69, 9.17) is 4.74 Å². The Morgan fingerprint density at radius 2 is 2.37 bits per heavy atom. The van der Waals surface area contributed by atoms with Crippen molar-refractivity contribution in [3.63, 3.8) is 0 Å². The minimum Gasteiger partial charge on any atom is -0.444 e. The van der Waals surface area contributed by atoms with E-state index in [1.165, 1.54) is 0 Å². The molecule has 1 aliphatic heterocycles. The van der Waals surface area contributed by atoms with Gasteiger partial charge in [-0.25, -0.2) is 4.79 Å². The van der Waals surface area contributed by atoms with Crippen LogP contribution >= 0.6 is 15.9 Å². The molecule has 0 saturated carbocycles. The van der Waals surface area contributed by atoms with E-state index < -0.39 is 5.60 Å². The van der Waals surface area contributed by atoms with E-state index in [1.807, 2.05) is 27.0 Å². The summed E-state index contributed by atoms with van der Waals surface area (Å²) in [7, 11) is 0. The predicted octanol–water partition coefficient (Wildman–Crippen LogP) is 3.03. The van der Waals surface area contributed by atoms with Crippen LogP contribution in [0, 0.1) is 0 Å². The minimum atomic E-state index is -0.440. The van der Waals surface area contributed by atoms with Crippen molar-refractivity contribution in [3.05, 3.63) is 17.5 Å². The molecule has 0 aromatic carbocycles. The molecule has 1 aliphatic rings. The molecule has 1 fully saturated rings. The van der Waals surface area contributed by atoms with E-state index in [0.29, 0.717) is 12.5 Å². The molecule has 1 aromatic rings. The first-order valence-corrected chi connectivity index (χ1v) is 7.59. The molecule has 1 amide bonds. The van der Waals surface area contributed by atoms with Crippen LogP contribution in [0.4, 0.5) is 4.79 Å². The SMILES string of the molecule is CC(C)(C)OC(=O)N1CCC(c2[nH]ncc2CBr)C1. The standard InChI is InChI=1S/C13H20BrN3O2/c1-13(2,3)19-12(18)17-5-4-9(8-17)11-10(6-14)7-15-16-11/h7,9H,4-6,8H2,1-3H3,(H,15,16). The van der Waals surface area contributed by atoms with Crippen molar-refractivity contribution >= 4 is 22.0 Å². The number of aromatic amines is 1. The second-order valence-corrected chi connectivity index (χ2v) is 6.42. The number of nitrogens with one attached hydrogen (secondary N) is 1. The summed E-state index contributed by atoms with van der Waals surface area (Å²) in [6, 6.07) is 0. The van der Waals surface area contributed by atoms with Gasteiger partial charge in [-0.3, -0.25) is 5.10 Å². The van der Waals surface area contributed by atoms with Crippen molar-refractivity contribution in [3.8, 4) is 0 Å². The van der Waals surface area contributed by atoms with Crippen LogP contribution in [-0.2, 0) is 10.1 Å². The third-order valence-corrected chi connectivity index (χ3v) is 3.75. The van der Waals surface area contributed by atoms with Gasteiger partial charge < -0.3 is 9.64 Å². The highest BCUT2D eigenvalue weighted by molar-refractivity contribution is 9.08. The lowest BCUT2D eigenvalue weighted by atomic mass is 10.0. The molecule has 2 rings (SSSR count). The van der Waals surface area contributed by atoms with Gasteiger partial charge in [0, 0.05) is 35.6 Å². The number of halogens is 1. The van der Waals surface area contributed by atoms with Gasteiger partial charge >= 0.3 is 6.09 Å². The number of nitrogens with zero attached hydrogens (tertiary/aromatic N) is 2. The Labute approximate surface area is 121 Å². The number of alkyl halides is 1. The van der Waals surface area contributed by atoms with Gasteiger partial charge in [-0.15, -0.1) is 0 Å². The summed E-state index contributed by atoms with van der Waals surface area (Å²) in [5.74, 6) is 0.322. The van der Waals surface area contributed by atoms with Gasteiger partial charge in [-0.2, -0.15) is 5.10 Å². The lowest BCUT2D eigenvalue weighted by Crippen LogP contribution is -2.35. The highest BCUT2D eigenvalue weighted by atomic mass is 79.9. The van der Waals surface area contributed by atoms with Crippen LogP contribution in [-0.4, -0.2) is 39.9 Å². The second kappa shape index (κ2) is 5.53. The normalized spacial score (nSPS) is 19.8. The number of carbonyl (C=O) groups is 1. The average Bonchev–Trinajstić information content (AvgIpc) is 2.95. The smallest absolute Gasteiger partial charge is 0.410 e. The molecule has 106 valence electrons. The summed E-state index contributed by atoms with van der Waals surface area (Å²) in [6.45, 7) is 7.08. The van der Waals surface area contributed by atoms with E-state index in [9.17, 15) is 4.79 Å². The van der Waals surface area contributed by atoms with Crippen LogP contribution in [0.3, 0.4) is 0 Å². The third kappa shape index (κ3) is 3.49. The van der Waals surface area contributed by atoms with Gasteiger partial charge in [0.15, 0.2) is 0 Å². The Bertz CT molecular complexity index is 453. The van der Waals surface area contributed by atoms with Gasteiger partial charge in [0.05, 0.1) is 6.20 Å². The van der Waals surface area contributed by atoms with Gasteiger partial charge in [-0.1, -0.05) is 15.9 Å². The first-order valence-electron chi connectivity index (χ1n) is 6.46. The van der Waals surface area contributed by atoms with Gasteiger partial charge in [-0.05, 0) is 27.2 Å². The van der Waals surface area contributed by atoms with Crippen molar-refractivity contribution in [1.29, 1.82) is 0 Å². The molecule has 0 aliphatic carbocycles. The van der Waals surface area contributed by atoms with E-state index >= 15 is 0 Å². The zero-order valence-corrected chi connectivity index (χ0v) is 13.2. The molecule has 1 unspecified atom stereocenters. The molecule has 1 N–H and O–H groups in total. The molecule has 0 spiro atoms. The number of aromatic nitrogens is 2. The fourth-order valence-electron chi connectivity index (χ4n) is 2.27. The van der Waals surface area contributed by atoms with Crippen molar-refractivity contribution in [2.45, 2.75) is 44.0 Å². The monoisotopic (exact) mass is 329 g/mol. The number of rotatable bonds is 2. The van der Waals surface area contributed by atoms with Crippen LogP contribution in [0.5, 0.6) is 0 Å². The Morgan fingerprint density at radius 3 is 3.00 bits per heavy atom. The summed E-state index contributed by atoms with van der Waals surface area (Å²) in [4.78, 5) is 13.8. The fourth-order valence-corrected chi connectivity index (χ4v) is 2.72. The van der Waals surface area contributed by atoms with Crippen molar-refractivity contribution in [1.82, 2.24) is 15.1 Å². The number of H-pyrrole nitrogens is 1. The van der Waals surface area contributed by atoms with E-state index in [1.54, 1.807) is 4.90 Å². The van der Waals surface area contributed by atoms with Crippen LogP contribution in [0.15, 0.2) is 6.20 Å². The number of ether oxygens (including phenoxy) is 1. The summed E-state index contributed by atoms with van der Waals surface area (Å²) < 4.78 is 5.40. The van der Waals surface area contributed by atoms with Crippen molar-refractivity contribution in [2.24, 2.45) is 0 Å². The molecule has 1 saturated heterocycles. The second-order valence-electron chi connectivity index (χ2n) is 5.85. The Balaban J connectivity index is 1.98. The lowest BCUT2D eigenvalue weighted by molar-refractivity contribution is 0.0292. The Morgan fingerprint density at radius 1 is 1.63 bits per heavy atom. The van der Waals surface area contributed by atoms with E-state index in [2.05, 4.69) is 26.1 Å². The first-order chi connectivity index (χ1) is 8.90. The average molecular weight is 330 g/mol. The van der Waals surface area contributed by atoms with Crippen LogP contribution in [0.1, 0.15) is 44.4 Å². The summed E-state index contributed by atoms with van der Waals surface area (Å²) in [5, 5.41) is 7.90. The van der Waals surface area contributed by atoms with E-state index in [0.717, 1.165) is 29.6 Å². The number of carbonyl (C=O) groups excluding carboxylic acids is 1. The lowest BCUT2D eigenvalue weighted by Gasteiger charge is -2.24. The Kier molecular flexibility index (Phi) is 4.18. The Hall–Kier alpha value is -1.04. The largest absolute Gasteiger partial charge is 0.444 e. The maximum atomic E-state index is 12.0.